The SMILES string of the molecule is c1ccc(-c2cccc3ccc4ccc5ccc6ccc7ccccc7c6c5c4c23)nc1. The number of hydrogen-bond acceptors (Lipinski definition) is 1. The molecule has 0 radical (unpaired) electrons. The first-order chi connectivity index (χ1) is 15.9. The van der Waals surface area contributed by atoms with Crippen LogP contribution < -0.4 is 0 Å². The Labute approximate surface area is 185 Å². The summed E-state index contributed by atoms with van der Waals surface area (Å²) in [6, 6.07) is 39.4. The highest BCUT2D eigenvalue weighted by atomic mass is 14.7. The van der Waals surface area contributed by atoms with Crippen molar-refractivity contribution in [2.45, 2.75) is 0 Å². The molecule has 0 aliphatic rings. The molecule has 0 saturated heterocycles. The Hall–Kier alpha value is -4.23. The van der Waals surface area contributed by atoms with Gasteiger partial charge < -0.3 is 0 Å². The minimum Gasteiger partial charge on any atom is -0.256 e. The molecule has 0 atom stereocenters. The summed E-state index contributed by atoms with van der Waals surface area (Å²) in [6.45, 7) is 0. The zero-order chi connectivity index (χ0) is 21.1. The maximum Gasteiger partial charge on any atom is 0.0708 e. The van der Waals surface area contributed by atoms with Crippen molar-refractivity contribution in [2.75, 3.05) is 0 Å². The molecule has 0 spiro atoms. The van der Waals surface area contributed by atoms with Crippen molar-refractivity contribution in [1.82, 2.24) is 4.98 Å². The lowest BCUT2D eigenvalue weighted by Gasteiger charge is -2.15. The van der Waals surface area contributed by atoms with Gasteiger partial charge in [0.25, 0.3) is 0 Å². The van der Waals surface area contributed by atoms with Gasteiger partial charge in [0, 0.05) is 11.8 Å². The molecule has 1 heterocycles. The Morgan fingerprint density at radius 2 is 0.938 bits per heavy atom. The van der Waals surface area contributed by atoms with Crippen LogP contribution in [0.5, 0.6) is 0 Å². The molecule has 0 aliphatic heterocycles. The molecule has 0 N–H and O–H groups in total. The molecular weight excluding hydrogens is 386 g/mol. The minimum atomic E-state index is 1.01. The Morgan fingerprint density at radius 1 is 0.375 bits per heavy atom. The summed E-state index contributed by atoms with van der Waals surface area (Å²) in [5.41, 5.74) is 2.19. The quantitative estimate of drug-likeness (QED) is 0.249. The second-order valence-corrected chi connectivity index (χ2v) is 8.40. The van der Waals surface area contributed by atoms with Crippen LogP contribution >= 0.6 is 0 Å². The molecule has 0 aliphatic carbocycles. The first-order valence-electron chi connectivity index (χ1n) is 11.0. The summed E-state index contributed by atoms with van der Waals surface area (Å²) in [5, 5.41) is 12.9. The molecule has 32 heavy (non-hydrogen) atoms. The molecule has 7 rings (SSSR count). The number of pyridine rings is 1. The van der Waals surface area contributed by atoms with Crippen LogP contribution in [0.15, 0.2) is 115 Å². The van der Waals surface area contributed by atoms with E-state index in [1.54, 1.807) is 0 Å². The Balaban J connectivity index is 1.82. The highest BCUT2D eigenvalue weighted by Crippen LogP contribution is 2.41. The van der Waals surface area contributed by atoms with Crippen LogP contribution in [0.2, 0.25) is 0 Å². The fourth-order valence-corrected chi connectivity index (χ4v) is 5.24. The van der Waals surface area contributed by atoms with Crippen molar-refractivity contribution >= 4 is 53.9 Å². The summed E-state index contributed by atoms with van der Waals surface area (Å²) in [4.78, 5) is 4.70. The van der Waals surface area contributed by atoms with E-state index < -0.39 is 0 Å². The van der Waals surface area contributed by atoms with Gasteiger partial charge in [0.05, 0.1) is 5.69 Å². The van der Waals surface area contributed by atoms with Gasteiger partial charge in [-0.2, -0.15) is 0 Å². The van der Waals surface area contributed by atoms with E-state index in [2.05, 4.69) is 103 Å². The zero-order valence-electron chi connectivity index (χ0n) is 17.4. The number of hydrogen-bond donors (Lipinski definition) is 0. The number of benzene rings is 6. The fourth-order valence-electron chi connectivity index (χ4n) is 5.24. The fraction of sp³-hybridized carbons (Fsp3) is 0. The van der Waals surface area contributed by atoms with Crippen LogP contribution in [-0.4, -0.2) is 4.98 Å². The van der Waals surface area contributed by atoms with E-state index in [1.165, 1.54) is 59.4 Å². The predicted octanol–water partition coefficient (Wildman–Crippen LogP) is 8.51. The van der Waals surface area contributed by atoms with Gasteiger partial charge >= 0.3 is 0 Å². The van der Waals surface area contributed by atoms with E-state index in [4.69, 9.17) is 4.98 Å². The van der Waals surface area contributed by atoms with E-state index >= 15 is 0 Å². The monoisotopic (exact) mass is 405 g/mol. The Morgan fingerprint density at radius 3 is 1.66 bits per heavy atom. The topological polar surface area (TPSA) is 12.9 Å². The van der Waals surface area contributed by atoms with Gasteiger partial charge in [-0.1, -0.05) is 97.1 Å². The van der Waals surface area contributed by atoms with E-state index in [0.717, 1.165) is 5.69 Å². The number of aromatic nitrogens is 1. The van der Waals surface area contributed by atoms with Crippen LogP contribution in [0.4, 0.5) is 0 Å². The van der Waals surface area contributed by atoms with Crippen LogP contribution in [0.25, 0.3) is 65.1 Å². The van der Waals surface area contributed by atoms with Crippen molar-refractivity contribution in [1.29, 1.82) is 0 Å². The average molecular weight is 406 g/mol. The number of nitrogens with zero attached hydrogens (tertiary/aromatic N) is 1. The molecule has 148 valence electrons. The summed E-state index contributed by atoms with van der Waals surface area (Å²) < 4.78 is 0. The van der Waals surface area contributed by atoms with Crippen molar-refractivity contribution in [3.05, 3.63) is 115 Å². The van der Waals surface area contributed by atoms with Gasteiger partial charge in [-0.25, -0.2) is 0 Å². The summed E-state index contributed by atoms with van der Waals surface area (Å²) in [6.07, 6.45) is 1.88. The summed E-state index contributed by atoms with van der Waals surface area (Å²) >= 11 is 0. The lowest BCUT2D eigenvalue weighted by Crippen LogP contribution is -1.89. The third kappa shape index (κ3) is 2.42. The maximum absolute atomic E-state index is 4.70. The standard InChI is InChI=1S/C31H19N/c1-2-8-25-20(6-1)11-12-22-14-16-23-17-18-24-15-13-21-7-5-9-26(27-10-3-4-19-32-27)29(21)31(24)30(23)28(22)25/h1-19H. The average Bonchev–Trinajstić information content (AvgIpc) is 2.87. The third-order valence-electron chi connectivity index (χ3n) is 6.65. The molecule has 1 nitrogen and oxygen atoms in total. The predicted molar refractivity (Wildman–Crippen MR) is 137 cm³/mol. The molecule has 0 bridgehead atoms. The second kappa shape index (κ2) is 6.63. The molecule has 0 fully saturated rings. The van der Waals surface area contributed by atoms with Gasteiger partial charge in [-0.3, -0.25) is 4.98 Å². The highest BCUT2D eigenvalue weighted by molar-refractivity contribution is 6.33. The van der Waals surface area contributed by atoms with Gasteiger partial charge in [-0.05, 0) is 66.0 Å². The number of rotatable bonds is 1. The first kappa shape index (κ1) is 17.5. The van der Waals surface area contributed by atoms with Gasteiger partial charge in [-0.15, -0.1) is 0 Å². The Kier molecular flexibility index (Phi) is 3.62. The molecule has 6 aromatic carbocycles. The lowest BCUT2D eigenvalue weighted by molar-refractivity contribution is 1.33. The lowest BCUT2D eigenvalue weighted by atomic mass is 9.89. The van der Waals surface area contributed by atoms with E-state index in [-0.39, 0.29) is 0 Å². The van der Waals surface area contributed by atoms with Crippen LogP contribution in [0, 0.1) is 0 Å². The van der Waals surface area contributed by atoms with Gasteiger partial charge in [0.15, 0.2) is 0 Å². The maximum atomic E-state index is 4.70. The van der Waals surface area contributed by atoms with E-state index in [9.17, 15) is 0 Å². The van der Waals surface area contributed by atoms with Gasteiger partial charge in [0.1, 0.15) is 0 Å². The molecule has 0 saturated carbocycles. The molecule has 1 aromatic heterocycles. The van der Waals surface area contributed by atoms with E-state index in [1.807, 2.05) is 12.3 Å². The summed E-state index contributed by atoms with van der Waals surface area (Å²) in [5.74, 6) is 0. The molecule has 0 unspecified atom stereocenters. The molecule has 7 aromatic rings. The van der Waals surface area contributed by atoms with Gasteiger partial charge in [0.2, 0.25) is 0 Å². The third-order valence-corrected chi connectivity index (χ3v) is 6.65. The smallest absolute Gasteiger partial charge is 0.0708 e. The zero-order valence-corrected chi connectivity index (χ0v) is 17.4. The molecular formula is C31H19N. The van der Waals surface area contributed by atoms with Crippen LogP contribution in [0.1, 0.15) is 0 Å². The number of fused-ring (bicyclic) bond motifs is 9. The van der Waals surface area contributed by atoms with Crippen molar-refractivity contribution in [3.63, 3.8) is 0 Å². The van der Waals surface area contributed by atoms with Crippen LogP contribution in [-0.2, 0) is 0 Å². The normalized spacial score (nSPS) is 11.8. The van der Waals surface area contributed by atoms with Crippen molar-refractivity contribution in [2.24, 2.45) is 0 Å². The largest absolute Gasteiger partial charge is 0.256 e. The summed E-state index contributed by atoms with van der Waals surface area (Å²) in [7, 11) is 0. The first-order valence-corrected chi connectivity index (χ1v) is 11.0. The van der Waals surface area contributed by atoms with Crippen molar-refractivity contribution < 1.29 is 0 Å². The second-order valence-electron chi connectivity index (χ2n) is 8.40. The molecule has 0 amide bonds. The van der Waals surface area contributed by atoms with Crippen LogP contribution in [0.3, 0.4) is 0 Å². The minimum absolute atomic E-state index is 1.01. The highest BCUT2D eigenvalue weighted by Gasteiger charge is 2.14. The molecule has 1 heteroatoms. The Bertz CT molecular complexity index is 1800. The van der Waals surface area contributed by atoms with Crippen molar-refractivity contribution in [3.8, 4) is 11.3 Å². The van der Waals surface area contributed by atoms with E-state index in [0.29, 0.717) is 0 Å².